The molecule has 0 aliphatic heterocycles. The molecule has 12 heavy (non-hydrogen) atoms. The standard InChI is InChI=1S/C11H9N/c1-2-6-10(5-1)9-12-11-7-3-4-8-11/h1-9H. The average Bonchev–Trinajstić information content (AvgIpc) is 2.74. The molecule has 2 aliphatic rings. The van der Waals surface area contributed by atoms with Crippen LogP contribution >= 0.6 is 0 Å². The van der Waals surface area contributed by atoms with E-state index in [1.165, 1.54) is 0 Å². The summed E-state index contributed by atoms with van der Waals surface area (Å²) in [5.41, 5.74) is 0. The van der Waals surface area contributed by atoms with Crippen LogP contribution in [0.3, 0.4) is 0 Å². The maximum atomic E-state index is 4.28. The Bertz CT molecular complexity index is 132. The van der Waals surface area contributed by atoms with E-state index in [9.17, 15) is 0 Å². The number of hydrogen-bond donors (Lipinski definition) is 0. The van der Waals surface area contributed by atoms with Gasteiger partial charge in [0.2, 0.25) is 0 Å². The van der Waals surface area contributed by atoms with Crippen LogP contribution in [0.2, 0.25) is 0 Å². The lowest BCUT2D eigenvalue weighted by Gasteiger charge is -2.01. The summed E-state index contributed by atoms with van der Waals surface area (Å²) in [6.45, 7) is 0. The second-order valence-electron chi connectivity index (χ2n) is 2.62. The van der Waals surface area contributed by atoms with Crippen molar-refractivity contribution in [1.82, 2.24) is 0 Å². The molecule has 0 atom stereocenters. The second-order valence-corrected chi connectivity index (χ2v) is 2.62. The van der Waals surface area contributed by atoms with Crippen molar-refractivity contribution in [2.75, 3.05) is 0 Å². The molecule has 2 rings (SSSR count). The van der Waals surface area contributed by atoms with Gasteiger partial charge in [0.25, 0.3) is 0 Å². The van der Waals surface area contributed by atoms with Crippen LogP contribution in [0.5, 0.6) is 0 Å². The highest BCUT2D eigenvalue weighted by Crippen LogP contribution is 2.26. The first-order valence-corrected chi connectivity index (χ1v) is 3.93. The van der Waals surface area contributed by atoms with Crippen molar-refractivity contribution in [3.63, 3.8) is 0 Å². The predicted octanol–water partition coefficient (Wildman–Crippen LogP) is 1.83. The number of hydrogen-bond acceptors (Lipinski definition) is 1. The molecule has 2 fully saturated rings. The lowest BCUT2D eigenvalue weighted by atomic mass is 10.1. The fourth-order valence-electron chi connectivity index (χ4n) is 1.07. The quantitative estimate of drug-likeness (QED) is 0.539. The van der Waals surface area contributed by atoms with Gasteiger partial charge in [0.05, 0.1) is 6.04 Å². The SMILES string of the molecule is [CH]1[CH][CH][C](C=N[C]2[CH][CH][CH][CH]2)[CH]1. The van der Waals surface area contributed by atoms with Gasteiger partial charge in [0.1, 0.15) is 0 Å². The molecular formula is C11H9N. The summed E-state index contributed by atoms with van der Waals surface area (Å²) in [4.78, 5) is 4.28. The highest BCUT2D eigenvalue weighted by molar-refractivity contribution is 5.83. The number of nitrogens with zero attached hydrogens (tertiary/aromatic N) is 1. The summed E-state index contributed by atoms with van der Waals surface area (Å²) in [5.74, 6) is 1.15. The van der Waals surface area contributed by atoms with Crippen LogP contribution in [0, 0.1) is 63.3 Å². The third-order valence-electron chi connectivity index (χ3n) is 1.70. The Morgan fingerprint density at radius 3 is 2.08 bits per heavy atom. The van der Waals surface area contributed by atoms with Crippen molar-refractivity contribution in [2.45, 2.75) is 0 Å². The minimum Gasteiger partial charge on any atom is -0.287 e. The van der Waals surface area contributed by atoms with Gasteiger partial charge in [-0.1, -0.05) is 0 Å². The van der Waals surface area contributed by atoms with Crippen LogP contribution in [0.25, 0.3) is 0 Å². The maximum Gasteiger partial charge on any atom is 0.0929 e. The molecule has 0 aromatic heterocycles. The first kappa shape index (κ1) is 8.28. The van der Waals surface area contributed by atoms with Crippen molar-refractivity contribution < 1.29 is 0 Å². The molecule has 2 aliphatic carbocycles. The molecule has 0 saturated heterocycles. The molecule has 1 nitrogen and oxygen atoms in total. The van der Waals surface area contributed by atoms with Crippen LogP contribution in [0.15, 0.2) is 4.99 Å². The lowest BCUT2D eigenvalue weighted by Crippen LogP contribution is -1.95. The summed E-state index contributed by atoms with van der Waals surface area (Å²) in [7, 11) is 0. The van der Waals surface area contributed by atoms with Gasteiger partial charge in [-0.15, -0.1) is 0 Å². The normalized spacial score (nSPS) is 27.7. The molecule has 0 heterocycles. The molecule has 10 radical (unpaired) electrons. The van der Waals surface area contributed by atoms with Gasteiger partial charge in [0, 0.05) is 12.1 Å². The van der Waals surface area contributed by atoms with Gasteiger partial charge in [-0.05, 0) is 51.4 Å². The fraction of sp³-hybridized carbons (Fsp3) is 0. The summed E-state index contributed by atoms with van der Waals surface area (Å²) in [6, 6.07) is 1.01. The topological polar surface area (TPSA) is 12.4 Å². The van der Waals surface area contributed by atoms with E-state index < -0.39 is 0 Å². The maximum absolute atomic E-state index is 4.28. The molecule has 0 aromatic rings. The molecule has 1 heteroatoms. The summed E-state index contributed by atoms with van der Waals surface area (Å²) >= 11 is 0. The molecule has 0 aromatic carbocycles. The first-order chi connectivity index (χ1) is 5.95. The van der Waals surface area contributed by atoms with Crippen LogP contribution in [0.4, 0.5) is 0 Å². The second kappa shape index (κ2) is 4.06. The molecule has 0 unspecified atom stereocenters. The van der Waals surface area contributed by atoms with Gasteiger partial charge >= 0.3 is 0 Å². The molecule has 0 spiro atoms. The Kier molecular flexibility index (Phi) is 2.80. The van der Waals surface area contributed by atoms with Gasteiger partial charge in [-0.25, -0.2) is 0 Å². The Morgan fingerprint density at radius 1 is 0.833 bits per heavy atom. The lowest BCUT2D eigenvalue weighted by molar-refractivity contribution is 1.17. The minimum atomic E-state index is 1.01. The zero-order valence-electron chi connectivity index (χ0n) is 6.64. The predicted molar refractivity (Wildman–Crippen MR) is 49.4 cm³/mol. The fourth-order valence-corrected chi connectivity index (χ4v) is 1.07. The average molecular weight is 155 g/mol. The monoisotopic (exact) mass is 155 g/mol. The van der Waals surface area contributed by atoms with Crippen LogP contribution < -0.4 is 0 Å². The van der Waals surface area contributed by atoms with E-state index in [-0.39, 0.29) is 0 Å². The molecule has 0 N–H and O–H groups in total. The molecule has 58 valence electrons. The zero-order chi connectivity index (χ0) is 8.23. The van der Waals surface area contributed by atoms with Crippen molar-refractivity contribution in [1.29, 1.82) is 0 Å². The summed E-state index contributed by atoms with van der Waals surface area (Å²) in [5, 5.41) is 0. The highest BCUT2D eigenvalue weighted by Gasteiger charge is 2.18. The van der Waals surface area contributed by atoms with Crippen molar-refractivity contribution in [3.05, 3.63) is 63.3 Å². The van der Waals surface area contributed by atoms with Gasteiger partial charge < -0.3 is 0 Å². The van der Waals surface area contributed by atoms with E-state index in [0.29, 0.717) is 0 Å². The first-order valence-electron chi connectivity index (χ1n) is 3.93. The largest absolute Gasteiger partial charge is 0.287 e. The van der Waals surface area contributed by atoms with Crippen molar-refractivity contribution in [3.8, 4) is 0 Å². The molecule has 0 amide bonds. The van der Waals surface area contributed by atoms with Gasteiger partial charge in [-0.2, -0.15) is 0 Å². The number of aliphatic imine (C=N–C) groups is 1. The van der Waals surface area contributed by atoms with Crippen molar-refractivity contribution >= 4 is 6.21 Å². The Labute approximate surface area is 75.3 Å². The Balaban J connectivity index is 1.75. The highest BCUT2D eigenvalue weighted by atomic mass is 14.8. The van der Waals surface area contributed by atoms with E-state index in [1.807, 2.05) is 57.6 Å². The zero-order valence-corrected chi connectivity index (χ0v) is 6.64. The van der Waals surface area contributed by atoms with Crippen LogP contribution in [-0.2, 0) is 0 Å². The number of rotatable bonds is 2. The van der Waals surface area contributed by atoms with E-state index in [0.717, 1.165) is 12.0 Å². The van der Waals surface area contributed by atoms with Crippen LogP contribution in [0.1, 0.15) is 0 Å². The van der Waals surface area contributed by atoms with Crippen molar-refractivity contribution in [2.24, 2.45) is 4.99 Å². The summed E-state index contributed by atoms with van der Waals surface area (Å²) < 4.78 is 0. The third kappa shape index (κ3) is 2.09. The van der Waals surface area contributed by atoms with E-state index >= 15 is 0 Å². The summed E-state index contributed by atoms with van der Waals surface area (Å²) in [6.07, 6.45) is 17.9. The Hall–Kier alpha value is -0.330. The van der Waals surface area contributed by atoms with Crippen LogP contribution in [-0.4, -0.2) is 6.21 Å². The van der Waals surface area contributed by atoms with E-state index in [4.69, 9.17) is 0 Å². The van der Waals surface area contributed by atoms with Gasteiger partial charge in [-0.3, -0.25) is 4.99 Å². The van der Waals surface area contributed by atoms with E-state index in [1.54, 1.807) is 0 Å². The molecular weight excluding hydrogens is 146 g/mol. The Morgan fingerprint density at radius 2 is 1.42 bits per heavy atom. The molecule has 0 bridgehead atoms. The third-order valence-corrected chi connectivity index (χ3v) is 1.70. The van der Waals surface area contributed by atoms with E-state index in [2.05, 4.69) is 4.99 Å². The van der Waals surface area contributed by atoms with Gasteiger partial charge in [0.15, 0.2) is 0 Å². The smallest absolute Gasteiger partial charge is 0.0929 e. The molecule has 2 saturated carbocycles. The minimum absolute atomic E-state index is 1.01.